The summed E-state index contributed by atoms with van der Waals surface area (Å²) in [6.45, 7) is 1.73. The first-order valence-corrected chi connectivity index (χ1v) is 9.31. The molecule has 0 aromatic heterocycles. The van der Waals surface area contributed by atoms with Crippen molar-refractivity contribution in [2.24, 2.45) is 0 Å². The van der Waals surface area contributed by atoms with E-state index in [0.29, 0.717) is 6.42 Å². The molecule has 0 saturated carbocycles. The number of benzene rings is 1. The van der Waals surface area contributed by atoms with Crippen LogP contribution < -0.4 is 5.32 Å². The molecule has 0 aliphatic carbocycles. The first-order valence-electron chi connectivity index (χ1n) is 7.46. The molecule has 1 rings (SSSR count). The van der Waals surface area contributed by atoms with Gasteiger partial charge in [-0.05, 0) is 24.6 Å². The number of hydrogen-bond acceptors (Lipinski definition) is 3. The largest absolute Gasteiger partial charge is 0.416 e. The third-order valence-electron chi connectivity index (χ3n) is 3.27. The van der Waals surface area contributed by atoms with E-state index in [9.17, 15) is 26.4 Å². The number of carbonyl (C=O) groups excluding carboxylic acids is 1. The lowest BCUT2D eigenvalue weighted by atomic mass is 10.2. The van der Waals surface area contributed by atoms with Crippen LogP contribution in [0.5, 0.6) is 0 Å². The van der Waals surface area contributed by atoms with Crippen molar-refractivity contribution in [3.8, 4) is 0 Å². The lowest BCUT2D eigenvalue weighted by Crippen LogP contribution is -2.38. The average Bonchev–Trinajstić information content (AvgIpc) is 2.44. The molecule has 0 fully saturated rings. The molecule has 0 aliphatic heterocycles. The van der Waals surface area contributed by atoms with Gasteiger partial charge in [0.05, 0.1) is 18.4 Å². The van der Waals surface area contributed by atoms with Crippen LogP contribution >= 0.6 is 0 Å². The van der Waals surface area contributed by atoms with Gasteiger partial charge in [-0.2, -0.15) is 17.5 Å². The van der Waals surface area contributed by atoms with Gasteiger partial charge in [-0.15, -0.1) is 0 Å². The molecular weight excluding hydrogens is 345 g/mol. The number of amides is 1. The molecule has 0 radical (unpaired) electrons. The first-order chi connectivity index (χ1) is 11.0. The van der Waals surface area contributed by atoms with Gasteiger partial charge in [0.2, 0.25) is 15.9 Å². The molecule has 1 aromatic rings. The van der Waals surface area contributed by atoms with E-state index in [0.717, 1.165) is 35.5 Å². The van der Waals surface area contributed by atoms with Crippen molar-refractivity contribution in [3.63, 3.8) is 0 Å². The Hall–Kier alpha value is -1.61. The smallest absolute Gasteiger partial charge is 0.325 e. The highest BCUT2D eigenvalue weighted by Gasteiger charge is 2.30. The number of unbranched alkanes of at least 4 members (excludes halogenated alkanes) is 2. The molecule has 0 spiro atoms. The molecule has 0 unspecified atom stereocenters. The lowest BCUT2D eigenvalue weighted by Gasteiger charge is -2.19. The summed E-state index contributed by atoms with van der Waals surface area (Å²) in [4.78, 5) is 12.0. The Bertz CT molecular complexity index is 660. The zero-order valence-corrected chi connectivity index (χ0v) is 14.4. The van der Waals surface area contributed by atoms with E-state index in [1.165, 1.54) is 12.1 Å². The van der Waals surface area contributed by atoms with Gasteiger partial charge in [0, 0.05) is 12.2 Å². The number of nitrogens with one attached hydrogen (secondary N) is 1. The van der Waals surface area contributed by atoms with Gasteiger partial charge in [-0.25, -0.2) is 8.42 Å². The number of hydrogen-bond donors (Lipinski definition) is 1. The number of anilines is 1. The van der Waals surface area contributed by atoms with Crippen LogP contribution in [0, 0.1) is 0 Å². The lowest BCUT2D eigenvalue weighted by molar-refractivity contribution is -0.137. The molecule has 0 bridgehead atoms. The van der Waals surface area contributed by atoms with Gasteiger partial charge in [0.15, 0.2) is 0 Å². The highest BCUT2D eigenvalue weighted by atomic mass is 32.2. The number of alkyl halides is 3. The Morgan fingerprint density at radius 2 is 1.92 bits per heavy atom. The van der Waals surface area contributed by atoms with Crippen LogP contribution in [-0.2, 0) is 21.0 Å². The van der Waals surface area contributed by atoms with Gasteiger partial charge in [0.25, 0.3) is 0 Å². The van der Waals surface area contributed by atoms with Crippen molar-refractivity contribution in [2.75, 3.05) is 24.7 Å². The first kappa shape index (κ1) is 20.4. The minimum Gasteiger partial charge on any atom is -0.325 e. The summed E-state index contributed by atoms with van der Waals surface area (Å²) in [5, 5.41) is 2.30. The molecule has 5 nitrogen and oxygen atoms in total. The fourth-order valence-electron chi connectivity index (χ4n) is 2.03. The third kappa shape index (κ3) is 6.88. The molecular formula is C15H21F3N2O3S. The molecule has 136 valence electrons. The molecule has 24 heavy (non-hydrogen) atoms. The predicted molar refractivity (Wildman–Crippen MR) is 86.0 cm³/mol. The average molecular weight is 366 g/mol. The van der Waals surface area contributed by atoms with Crippen molar-refractivity contribution in [1.82, 2.24) is 4.31 Å². The van der Waals surface area contributed by atoms with E-state index >= 15 is 0 Å². The van der Waals surface area contributed by atoms with E-state index in [2.05, 4.69) is 5.32 Å². The number of halogens is 3. The van der Waals surface area contributed by atoms with Crippen molar-refractivity contribution in [2.45, 2.75) is 32.4 Å². The molecule has 1 amide bonds. The Kier molecular flexibility index (Phi) is 7.22. The van der Waals surface area contributed by atoms with Crippen molar-refractivity contribution in [3.05, 3.63) is 29.8 Å². The maximum atomic E-state index is 12.6. The van der Waals surface area contributed by atoms with Gasteiger partial charge < -0.3 is 5.32 Å². The van der Waals surface area contributed by atoms with E-state index < -0.39 is 34.2 Å². The summed E-state index contributed by atoms with van der Waals surface area (Å²) in [6.07, 6.45) is -1.19. The number of sulfonamides is 1. The molecule has 1 aromatic carbocycles. The second kappa shape index (κ2) is 8.48. The van der Waals surface area contributed by atoms with E-state index in [1.54, 1.807) is 0 Å². The van der Waals surface area contributed by atoms with Crippen LogP contribution in [0.4, 0.5) is 18.9 Å². The summed E-state index contributed by atoms with van der Waals surface area (Å²) in [5.41, 5.74) is -0.917. The van der Waals surface area contributed by atoms with E-state index in [4.69, 9.17) is 0 Å². The van der Waals surface area contributed by atoms with Gasteiger partial charge in [-0.1, -0.05) is 25.8 Å². The molecule has 0 aliphatic rings. The molecule has 0 heterocycles. The van der Waals surface area contributed by atoms with Crippen LogP contribution in [0.1, 0.15) is 31.7 Å². The monoisotopic (exact) mass is 366 g/mol. The Morgan fingerprint density at radius 3 is 2.46 bits per heavy atom. The molecule has 0 atom stereocenters. The van der Waals surface area contributed by atoms with Crippen LogP contribution in [-0.4, -0.2) is 38.0 Å². The van der Waals surface area contributed by atoms with Gasteiger partial charge >= 0.3 is 6.18 Å². The zero-order chi connectivity index (χ0) is 18.4. The summed E-state index contributed by atoms with van der Waals surface area (Å²) >= 11 is 0. The van der Waals surface area contributed by atoms with Crippen molar-refractivity contribution < 1.29 is 26.4 Å². The predicted octanol–water partition coefficient (Wildman–Crippen LogP) is 3.10. The Labute approximate surface area is 139 Å². The second-order valence-electron chi connectivity index (χ2n) is 5.43. The normalized spacial score (nSPS) is 12.4. The highest BCUT2D eigenvalue weighted by Crippen LogP contribution is 2.30. The number of nitrogens with zero attached hydrogens (tertiary/aromatic N) is 1. The van der Waals surface area contributed by atoms with Crippen LogP contribution in [0.25, 0.3) is 0 Å². The summed E-state index contributed by atoms with van der Waals surface area (Å²) in [7, 11) is -3.57. The van der Waals surface area contributed by atoms with E-state index in [-0.39, 0.29) is 12.2 Å². The third-order valence-corrected chi connectivity index (χ3v) is 4.52. The van der Waals surface area contributed by atoms with Gasteiger partial charge in [-0.3, -0.25) is 4.79 Å². The zero-order valence-electron chi connectivity index (χ0n) is 13.6. The molecule has 1 N–H and O–H groups in total. The summed E-state index contributed by atoms with van der Waals surface area (Å²) in [6, 6.07) is 4.19. The van der Waals surface area contributed by atoms with Crippen LogP contribution in [0.3, 0.4) is 0 Å². The summed E-state index contributed by atoms with van der Waals surface area (Å²) < 4.78 is 62.3. The van der Waals surface area contributed by atoms with Crippen molar-refractivity contribution >= 4 is 21.6 Å². The highest BCUT2D eigenvalue weighted by molar-refractivity contribution is 7.88. The fourth-order valence-corrected chi connectivity index (χ4v) is 2.85. The van der Waals surface area contributed by atoms with Gasteiger partial charge in [0.1, 0.15) is 0 Å². The van der Waals surface area contributed by atoms with Crippen LogP contribution in [0.15, 0.2) is 24.3 Å². The molecule has 0 saturated heterocycles. The Balaban J connectivity index is 2.76. The SMILES string of the molecule is CCCCCN(CC(=O)Nc1cccc(C(F)(F)F)c1)S(C)(=O)=O. The number of rotatable bonds is 8. The number of carbonyl (C=O) groups is 1. The minimum absolute atomic E-state index is 0.0307. The maximum Gasteiger partial charge on any atom is 0.416 e. The standard InChI is InChI=1S/C15H21F3N2O3S/c1-3-4-5-9-20(24(2,22)23)11-14(21)19-13-8-6-7-12(10-13)15(16,17)18/h6-8,10H,3-5,9,11H2,1-2H3,(H,19,21). The summed E-state index contributed by atoms with van der Waals surface area (Å²) in [5.74, 6) is -0.684. The quantitative estimate of drug-likeness (QED) is 0.719. The minimum atomic E-state index is -4.51. The second-order valence-corrected chi connectivity index (χ2v) is 7.41. The van der Waals surface area contributed by atoms with Crippen LogP contribution in [0.2, 0.25) is 0 Å². The van der Waals surface area contributed by atoms with E-state index in [1.807, 2.05) is 6.92 Å². The van der Waals surface area contributed by atoms with Crippen molar-refractivity contribution in [1.29, 1.82) is 0 Å². The fraction of sp³-hybridized carbons (Fsp3) is 0.533. The Morgan fingerprint density at radius 1 is 1.25 bits per heavy atom. The maximum absolute atomic E-state index is 12.6. The molecule has 9 heteroatoms. The topological polar surface area (TPSA) is 66.5 Å².